The number of rotatable bonds is 3. The highest BCUT2D eigenvalue weighted by Gasteiger charge is 2.39. The van der Waals surface area contributed by atoms with E-state index in [1.165, 1.54) is 5.56 Å². The number of pyridine rings is 1. The van der Waals surface area contributed by atoms with Crippen molar-refractivity contribution in [1.82, 2.24) is 14.8 Å². The molecule has 0 N–H and O–H groups in total. The Morgan fingerprint density at radius 3 is 2.63 bits per heavy atom. The summed E-state index contributed by atoms with van der Waals surface area (Å²) in [6.45, 7) is 6.05. The first-order valence-corrected chi connectivity index (χ1v) is 9.78. The molecular weight excluding hydrogens is 338 g/mol. The van der Waals surface area contributed by atoms with Gasteiger partial charge in [0.05, 0.1) is 13.2 Å². The number of hydrogen-bond acceptors (Lipinski definition) is 4. The molecule has 5 nitrogen and oxygen atoms in total. The molecule has 27 heavy (non-hydrogen) atoms. The van der Waals surface area contributed by atoms with Gasteiger partial charge in [-0.3, -0.25) is 14.7 Å². The standard InChI is InChI=1S/C22H27N3O2/c26-21(20-6-2-1-3-7-20)25-11-8-22(9-12-25)17-24(13-14-27-18-22)16-19-5-4-10-23-15-19/h1-7,10,15H,8-9,11-14,16-18H2. The van der Waals surface area contributed by atoms with Crippen LogP contribution < -0.4 is 0 Å². The largest absolute Gasteiger partial charge is 0.379 e. The van der Waals surface area contributed by atoms with Crippen molar-refractivity contribution in [3.8, 4) is 0 Å². The van der Waals surface area contributed by atoms with Crippen molar-refractivity contribution in [3.63, 3.8) is 0 Å². The molecule has 0 aliphatic carbocycles. The number of piperidine rings is 1. The van der Waals surface area contributed by atoms with Crippen LogP contribution in [0.15, 0.2) is 54.9 Å². The van der Waals surface area contributed by atoms with E-state index in [4.69, 9.17) is 4.74 Å². The molecule has 2 aliphatic heterocycles. The average molecular weight is 365 g/mol. The normalized spacial score (nSPS) is 20.4. The Morgan fingerprint density at radius 1 is 1.07 bits per heavy atom. The maximum atomic E-state index is 12.7. The van der Waals surface area contributed by atoms with Crippen LogP contribution in [0.5, 0.6) is 0 Å². The van der Waals surface area contributed by atoms with Gasteiger partial charge in [-0.15, -0.1) is 0 Å². The molecule has 4 rings (SSSR count). The average Bonchev–Trinajstić information content (AvgIpc) is 2.91. The van der Waals surface area contributed by atoms with Crippen molar-refractivity contribution in [2.45, 2.75) is 19.4 Å². The Bertz CT molecular complexity index is 743. The van der Waals surface area contributed by atoms with Gasteiger partial charge >= 0.3 is 0 Å². The van der Waals surface area contributed by atoms with Gasteiger partial charge in [-0.25, -0.2) is 0 Å². The highest BCUT2D eigenvalue weighted by Crippen LogP contribution is 2.35. The summed E-state index contributed by atoms with van der Waals surface area (Å²) in [5, 5.41) is 0. The van der Waals surface area contributed by atoms with Crippen molar-refractivity contribution in [3.05, 3.63) is 66.0 Å². The minimum atomic E-state index is 0.145. The van der Waals surface area contributed by atoms with E-state index in [1.807, 2.05) is 53.7 Å². The number of ether oxygens (including phenoxy) is 1. The fourth-order valence-corrected chi connectivity index (χ4v) is 4.22. The number of likely N-dealkylation sites (tertiary alicyclic amines) is 1. The van der Waals surface area contributed by atoms with Crippen LogP contribution in [0, 0.1) is 5.41 Å². The number of carbonyl (C=O) groups excluding carboxylic acids is 1. The van der Waals surface area contributed by atoms with E-state index in [0.717, 1.165) is 64.3 Å². The van der Waals surface area contributed by atoms with E-state index in [2.05, 4.69) is 16.0 Å². The van der Waals surface area contributed by atoms with E-state index < -0.39 is 0 Å². The topological polar surface area (TPSA) is 45.7 Å². The molecule has 1 aromatic carbocycles. The van der Waals surface area contributed by atoms with E-state index in [-0.39, 0.29) is 11.3 Å². The Morgan fingerprint density at radius 2 is 1.89 bits per heavy atom. The smallest absolute Gasteiger partial charge is 0.253 e. The van der Waals surface area contributed by atoms with Crippen LogP contribution in [0.3, 0.4) is 0 Å². The third-order valence-electron chi connectivity index (χ3n) is 5.78. The molecule has 2 aromatic rings. The first-order valence-electron chi connectivity index (χ1n) is 9.78. The maximum absolute atomic E-state index is 12.7. The lowest BCUT2D eigenvalue weighted by Crippen LogP contribution is -2.48. The Hall–Kier alpha value is -2.24. The molecule has 0 saturated carbocycles. The summed E-state index contributed by atoms with van der Waals surface area (Å²) in [6.07, 6.45) is 5.75. The SMILES string of the molecule is O=C(c1ccccc1)N1CCC2(CC1)COCCN(Cc1cccnc1)C2. The predicted octanol–water partition coefficient (Wildman–Crippen LogP) is 2.84. The summed E-state index contributed by atoms with van der Waals surface area (Å²) in [4.78, 5) is 21.4. The van der Waals surface area contributed by atoms with E-state index >= 15 is 0 Å². The molecule has 0 unspecified atom stereocenters. The molecule has 2 saturated heterocycles. The van der Waals surface area contributed by atoms with Gasteiger partial charge in [-0.1, -0.05) is 24.3 Å². The van der Waals surface area contributed by atoms with Gasteiger partial charge in [0.1, 0.15) is 0 Å². The second kappa shape index (κ2) is 8.19. The first kappa shape index (κ1) is 18.1. The van der Waals surface area contributed by atoms with Crippen LogP contribution >= 0.6 is 0 Å². The fraction of sp³-hybridized carbons (Fsp3) is 0.455. The molecule has 3 heterocycles. The zero-order valence-corrected chi connectivity index (χ0v) is 15.7. The van der Waals surface area contributed by atoms with Crippen molar-refractivity contribution in [2.75, 3.05) is 39.4 Å². The number of carbonyl (C=O) groups is 1. The van der Waals surface area contributed by atoms with Crippen LogP contribution in [0.4, 0.5) is 0 Å². The minimum Gasteiger partial charge on any atom is -0.379 e. The molecule has 1 spiro atoms. The molecule has 2 aliphatic rings. The fourth-order valence-electron chi connectivity index (χ4n) is 4.22. The van der Waals surface area contributed by atoms with Crippen LogP contribution in [-0.4, -0.2) is 60.1 Å². The summed E-state index contributed by atoms with van der Waals surface area (Å²) in [7, 11) is 0. The van der Waals surface area contributed by atoms with Crippen LogP contribution in [0.1, 0.15) is 28.8 Å². The van der Waals surface area contributed by atoms with Crippen LogP contribution in [0.2, 0.25) is 0 Å². The van der Waals surface area contributed by atoms with Gasteiger partial charge in [0, 0.05) is 56.1 Å². The number of benzene rings is 1. The monoisotopic (exact) mass is 365 g/mol. The minimum absolute atomic E-state index is 0.145. The summed E-state index contributed by atoms with van der Waals surface area (Å²) in [6, 6.07) is 13.7. The van der Waals surface area contributed by atoms with Crippen molar-refractivity contribution < 1.29 is 9.53 Å². The highest BCUT2D eigenvalue weighted by atomic mass is 16.5. The molecule has 2 fully saturated rings. The van der Waals surface area contributed by atoms with Crippen LogP contribution in [0.25, 0.3) is 0 Å². The van der Waals surface area contributed by atoms with E-state index in [9.17, 15) is 4.79 Å². The lowest BCUT2D eigenvalue weighted by atomic mass is 9.78. The lowest BCUT2D eigenvalue weighted by Gasteiger charge is -2.42. The summed E-state index contributed by atoms with van der Waals surface area (Å²) >= 11 is 0. The van der Waals surface area contributed by atoms with E-state index in [0.29, 0.717) is 0 Å². The van der Waals surface area contributed by atoms with Crippen LogP contribution in [-0.2, 0) is 11.3 Å². The summed E-state index contributed by atoms with van der Waals surface area (Å²) in [5.74, 6) is 0.146. The molecular formula is C22H27N3O2. The third-order valence-corrected chi connectivity index (χ3v) is 5.78. The second-order valence-corrected chi connectivity index (χ2v) is 7.78. The van der Waals surface area contributed by atoms with Gasteiger partial charge in [0.2, 0.25) is 0 Å². The number of nitrogens with zero attached hydrogens (tertiary/aromatic N) is 3. The summed E-state index contributed by atoms with van der Waals surface area (Å²) < 4.78 is 5.98. The van der Waals surface area contributed by atoms with Crippen molar-refractivity contribution in [1.29, 1.82) is 0 Å². The zero-order chi connectivity index (χ0) is 18.5. The molecule has 5 heteroatoms. The number of hydrogen-bond donors (Lipinski definition) is 0. The maximum Gasteiger partial charge on any atom is 0.253 e. The van der Waals surface area contributed by atoms with Crippen molar-refractivity contribution in [2.24, 2.45) is 5.41 Å². The Balaban J connectivity index is 1.39. The second-order valence-electron chi connectivity index (χ2n) is 7.78. The summed E-state index contributed by atoms with van der Waals surface area (Å²) in [5.41, 5.74) is 2.17. The lowest BCUT2D eigenvalue weighted by molar-refractivity contribution is 0.0145. The molecule has 1 aromatic heterocycles. The van der Waals surface area contributed by atoms with Crippen molar-refractivity contribution >= 4 is 5.91 Å². The quantitative estimate of drug-likeness (QED) is 0.839. The van der Waals surface area contributed by atoms with Gasteiger partial charge < -0.3 is 9.64 Å². The number of aromatic nitrogens is 1. The third kappa shape index (κ3) is 4.37. The molecule has 0 atom stereocenters. The molecule has 0 bridgehead atoms. The highest BCUT2D eigenvalue weighted by molar-refractivity contribution is 5.94. The van der Waals surface area contributed by atoms with Gasteiger partial charge in [0.25, 0.3) is 5.91 Å². The first-order chi connectivity index (χ1) is 13.2. The number of amides is 1. The zero-order valence-electron chi connectivity index (χ0n) is 15.7. The predicted molar refractivity (Wildman–Crippen MR) is 104 cm³/mol. The van der Waals surface area contributed by atoms with Gasteiger partial charge in [-0.2, -0.15) is 0 Å². The van der Waals surface area contributed by atoms with Gasteiger partial charge in [-0.05, 0) is 36.6 Å². The molecule has 142 valence electrons. The molecule has 0 radical (unpaired) electrons. The Labute approximate surface area is 161 Å². The molecule has 1 amide bonds. The van der Waals surface area contributed by atoms with E-state index in [1.54, 1.807) is 0 Å². The van der Waals surface area contributed by atoms with Gasteiger partial charge in [0.15, 0.2) is 0 Å². The Kier molecular flexibility index (Phi) is 5.50.